The van der Waals surface area contributed by atoms with Gasteiger partial charge in [0.1, 0.15) is 11.9 Å². The molecule has 1 atom stereocenters. The minimum absolute atomic E-state index is 0.109. The van der Waals surface area contributed by atoms with Crippen molar-refractivity contribution in [3.63, 3.8) is 0 Å². The summed E-state index contributed by atoms with van der Waals surface area (Å²) in [5.41, 5.74) is 0. The topological polar surface area (TPSA) is 57.7 Å². The van der Waals surface area contributed by atoms with Crippen LogP contribution in [0, 0.1) is 5.82 Å². The highest BCUT2D eigenvalue weighted by molar-refractivity contribution is 8.00. The third kappa shape index (κ3) is 2.87. The smallest absolute Gasteiger partial charge is 0.244 e. The molecule has 1 aromatic rings. The molecular weight excluding hydrogens is 327 g/mol. The number of hydrogen-bond acceptors (Lipinski definition) is 4. The van der Waals surface area contributed by atoms with E-state index in [0.29, 0.717) is 5.75 Å². The van der Waals surface area contributed by atoms with Crippen molar-refractivity contribution < 1.29 is 17.6 Å². The van der Waals surface area contributed by atoms with E-state index < -0.39 is 21.9 Å². The maximum absolute atomic E-state index is 13.3. The zero-order valence-electron chi connectivity index (χ0n) is 12.1. The van der Waals surface area contributed by atoms with E-state index in [-0.39, 0.29) is 22.7 Å². The molecule has 1 unspecified atom stereocenters. The number of carbonyl (C=O) groups excluding carboxylic acids is 1. The molecule has 1 saturated carbocycles. The molecule has 0 spiro atoms. The first-order chi connectivity index (χ1) is 10.4. The number of halogens is 1. The van der Waals surface area contributed by atoms with Crippen molar-refractivity contribution in [3.8, 4) is 0 Å². The van der Waals surface area contributed by atoms with Crippen LogP contribution in [0.15, 0.2) is 29.2 Å². The molecule has 3 rings (SSSR count). The first-order valence-electron chi connectivity index (χ1n) is 7.03. The van der Waals surface area contributed by atoms with E-state index in [2.05, 4.69) is 0 Å². The van der Waals surface area contributed by atoms with E-state index in [1.807, 2.05) is 0 Å². The van der Waals surface area contributed by atoms with E-state index >= 15 is 0 Å². The summed E-state index contributed by atoms with van der Waals surface area (Å²) in [6, 6.07) is 4.43. The lowest BCUT2D eigenvalue weighted by Crippen LogP contribution is -2.48. The molecule has 0 radical (unpaired) electrons. The van der Waals surface area contributed by atoms with Gasteiger partial charge < -0.3 is 4.90 Å². The lowest BCUT2D eigenvalue weighted by atomic mass is 10.3. The van der Waals surface area contributed by atoms with Crippen LogP contribution in [0.1, 0.15) is 12.8 Å². The summed E-state index contributed by atoms with van der Waals surface area (Å²) in [6.07, 6.45) is 1.94. The highest BCUT2D eigenvalue weighted by Crippen LogP contribution is 2.32. The van der Waals surface area contributed by atoms with Crippen molar-refractivity contribution in [3.05, 3.63) is 30.1 Å². The molecule has 1 saturated heterocycles. The quantitative estimate of drug-likeness (QED) is 0.831. The van der Waals surface area contributed by atoms with Crippen LogP contribution in [0.4, 0.5) is 4.39 Å². The molecule has 1 aromatic carbocycles. The molecule has 0 bridgehead atoms. The summed E-state index contributed by atoms with van der Waals surface area (Å²) < 4.78 is 39.9. The van der Waals surface area contributed by atoms with E-state index in [0.717, 1.165) is 18.9 Å². The van der Waals surface area contributed by atoms with Crippen molar-refractivity contribution in [1.29, 1.82) is 0 Å². The predicted molar refractivity (Wildman–Crippen MR) is 82.3 cm³/mol. The van der Waals surface area contributed by atoms with Crippen molar-refractivity contribution in [1.82, 2.24) is 9.21 Å². The Labute approximate surface area is 133 Å². The molecule has 1 heterocycles. The summed E-state index contributed by atoms with van der Waals surface area (Å²) in [5, 5.41) is 0. The molecule has 22 heavy (non-hydrogen) atoms. The van der Waals surface area contributed by atoms with Crippen LogP contribution in [0.3, 0.4) is 0 Å². The van der Waals surface area contributed by atoms with Crippen LogP contribution in [0.25, 0.3) is 0 Å². The van der Waals surface area contributed by atoms with E-state index in [1.165, 1.54) is 34.3 Å². The largest absolute Gasteiger partial charge is 0.341 e. The molecule has 5 nitrogen and oxygen atoms in total. The molecule has 1 aliphatic carbocycles. The van der Waals surface area contributed by atoms with Gasteiger partial charge in [-0.05, 0) is 31.0 Å². The Hall–Kier alpha value is -1.12. The van der Waals surface area contributed by atoms with Crippen LogP contribution in [-0.2, 0) is 14.8 Å². The van der Waals surface area contributed by atoms with Crippen molar-refractivity contribution in [2.24, 2.45) is 0 Å². The van der Waals surface area contributed by atoms with Crippen molar-refractivity contribution in [2.45, 2.75) is 29.8 Å². The van der Waals surface area contributed by atoms with Gasteiger partial charge in [0.05, 0.1) is 10.8 Å². The summed E-state index contributed by atoms with van der Waals surface area (Å²) in [6.45, 7) is 0. The number of amides is 1. The van der Waals surface area contributed by atoms with Gasteiger partial charge >= 0.3 is 0 Å². The first-order valence-corrected chi connectivity index (χ1v) is 9.62. The van der Waals surface area contributed by atoms with Gasteiger partial charge in [0.25, 0.3) is 0 Å². The standard InChI is InChI=1S/C14H17FN2O3S2/c1-16(11-5-6-11)14(18)13-8-21-9-17(13)22(19,20)12-4-2-3-10(15)7-12/h2-4,7,11,13H,5-6,8-9H2,1H3. The Bertz CT molecular complexity index is 691. The lowest BCUT2D eigenvalue weighted by molar-refractivity contribution is -0.133. The number of benzene rings is 1. The zero-order chi connectivity index (χ0) is 15.9. The fourth-order valence-electron chi connectivity index (χ4n) is 2.50. The van der Waals surface area contributed by atoms with Gasteiger partial charge in [0, 0.05) is 18.8 Å². The molecule has 1 aliphatic heterocycles. The maximum Gasteiger partial charge on any atom is 0.244 e. The summed E-state index contributed by atoms with van der Waals surface area (Å²) in [4.78, 5) is 14.0. The number of sulfonamides is 1. The minimum atomic E-state index is -3.87. The highest BCUT2D eigenvalue weighted by Gasteiger charge is 2.43. The Morgan fingerprint density at radius 2 is 2.14 bits per heavy atom. The number of carbonyl (C=O) groups is 1. The van der Waals surface area contributed by atoms with Crippen LogP contribution in [0.5, 0.6) is 0 Å². The third-order valence-corrected chi connectivity index (χ3v) is 7.00. The van der Waals surface area contributed by atoms with Gasteiger partial charge in [0.2, 0.25) is 15.9 Å². The Morgan fingerprint density at radius 1 is 1.41 bits per heavy atom. The molecule has 2 fully saturated rings. The molecule has 2 aliphatic rings. The second-order valence-corrected chi connectivity index (χ2v) is 8.44. The Balaban J connectivity index is 1.87. The molecular formula is C14H17FN2O3S2. The summed E-state index contributed by atoms with van der Waals surface area (Å²) >= 11 is 1.40. The van der Waals surface area contributed by atoms with Crippen LogP contribution in [-0.4, -0.2) is 54.3 Å². The lowest BCUT2D eigenvalue weighted by Gasteiger charge is -2.26. The number of nitrogens with zero attached hydrogens (tertiary/aromatic N) is 2. The maximum atomic E-state index is 13.3. The number of thioether (sulfide) groups is 1. The highest BCUT2D eigenvalue weighted by atomic mass is 32.2. The number of hydrogen-bond donors (Lipinski definition) is 0. The molecule has 120 valence electrons. The Kier molecular flexibility index (Phi) is 4.17. The fraction of sp³-hybridized carbons (Fsp3) is 0.500. The van der Waals surface area contributed by atoms with Gasteiger partial charge in [-0.15, -0.1) is 11.8 Å². The fourth-order valence-corrected chi connectivity index (χ4v) is 5.67. The van der Waals surface area contributed by atoms with Gasteiger partial charge in [-0.1, -0.05) is 6.07 Å². The van der Waals surface area contributed by atoms with Crippen molar-refractivity contribution >= 4 is 27.7 Å². The van der Waals surface area contributed by atoms with Crippen molar-refractivity contribution in [2.75, 3.05) is 18.7 Å². The second kappa shape index (κ2) is 5.82. The van der Waals surface area contributed by atoms with Gasteiger partial charge in [0.15, 0.2) is 0 Å². The predicted octanol–water partition coefficient (Wildman–Crippen LogP) is 1.51. The summed E-state index contributed by atoms with van der Waals surface area (Å²) in [5.74, 6) is -0.128. The summed E-state index contributed by atoms with van der Waals surface area (Å²) in [7, 11) is -2.15. The molecule has 0 aromatic heterocycles. The van der Waals surface area contributed by atoms with Crippen LogP contribution >= 0.6 is 11.8 Å². The number of rotatable bonds is 4. The first kappa shape index (κ1) is 15.8. The molecule has 0 N–H and O–H groups in total. The Morgan fingerprint density at radius 3 is 2.77 bits per heavy atom. The monoisotopic (exact) mass is 344 g/mol. The average Bonchev–Trinajstić information content (AvgIpc) is 3.21. The van der Waals surface area contributed by atoms with Gasteiger partial charge in [-0.2, -0.15) is 4.31 Å². The average molecular weight is 344 g/mol. The van der Waals surface area contributed by atoms with Crippen LogP contribution < -0.4 is 0 Å². The molecule has 8 heteroatoms. The molecule has 1 amide bonds. The van der Waals surface area contributed by atoms with Gasteiger partial charge in [-0.25, -0.2) is 12.8 Å². The van der Waals surface area contributed by atoms with Crippen LogP contribution in [0.2, 0.25) is 0 Å². The number of likely N-dealkylation sites (N-methyl/N-ethyl adjacent to an activating group) is 1. The van der Waals surface area contributed by atoms with Gasteiger partial charge in [-0.3, -0.25) is 4.79 Å². The van der Waals surface area contributed by atoms with E-state index in [4.69, 9.17) is 0 Å². The zero-order valence-corrected chi connectivity index (χ0v) is 13.7. The van der Waals surface area contributed by atoms with E-state index in [1.54, 1.807) is 11.9 Å². The minimum Gasteiger partial charge on any atom is -0.341 e. The SMILES string of the molecule is CN(C(=O)C1CSCN1S(=O)(=O)c1cccc(F)c1)C1CC1. The van der Waals surface area contributed by atoms with E-state index in [9.17, 15) is 17.6 Å². The normalized spacial score (nSPS) is 22.7. The second-order valence-electron chi connectivity index (χ2n) is 5.55. The third-order valence-electron chi connectivity index (χ3n) is 3.97.